The van der Waals surface area contributed by atoms with E-state index in [0.29, 0.717) is 19.4 Å². The molecule has 3 saturated heterocycles. The lowest BCUT2D eigenvalue weighted by Crippen LogP contribution is -2.43. The van der Waals surface area contributed by atoms with Crippen LogP contribution in [0.3, 0.4) is 0 Å². The summed E-state index contributed by atoms with van der Waals surface area (Å²) in [6, 6.07) is -0.492. The number of rotatable bonds is 5. The fourth-order valence-electron chi connectivity index (χ4n) is 6.90. The molecule has 5 heterocycles. The average Bonchev–Trinajstić information content (AvgIpc) is 3.33. The molecule has 0 spiro atoms. The summed E-state index contributed by atoms with van der Waals surface area (Å²) in [7, 11) is 0. The fourth-order valence-corrected chi connectivity index (χ4v) is 7.18. The van der Waals surface area contributed by atoms with Crippen LogP contribution in [0.4, 0.5) is 42.4 Å². The molecule has 16 heteroatoms. The molecule has 4 fully saturated rings. The Morgan fingerprint density at radius 1 is 1.18 bits per heavy atom. The second-order valence-electron chi connectivity index (χ2n) is 11.8. The van der Waals surface area contributed by atoms with Crippen LogP contribution in [0, 0.1) is 18.6 Å². The lowest BCUT2D eigenvalue weighted by molar-refractivity contribution is -0.137. The van der Waals surface area contributed by atoms with E-state index in [1.54, 1.807) is 4.90 Å². The molecule has 0 radical (unpaired) electrons. The Labute approximate surface area is 260 Å². The standard InChI is InChI=1S/C29H28ClF7N6O2/c1-12-17(29(35,36)37)22(39-25(38)18(12)32)16-15(30)8-14-21(19(16)33)40-27(45-11-28-4-2-5-42(28)10-13(31)9-28)41-26(14)43-6-3-7-44-24-20(34)23(24)43/h8,13,20,23-24H,2-7,9-11H2,1H3,(H2,38,39)/t13-,20-,23-,24+,28+/m1/s1/i11D2. The second-order valence-corrected chi connectivity index (χ2v) is 12.2. The van der Waals surface area contributed by atoms with Crippen LogP contribution in [0.5, 0.6) is 6.01 Å². The molecule has 3 aliphatic heterocycles. The fraction of sp³-hybridized carbons (Fsp3) is 0.552. The Balaban J connectivity index is 1.44. The molecule has 2 aromatic heterocycles. The molecule has 1 aromatic carbocycles. The van der Waals surface area contributed by atoms with Gasteiger partial charge in [-0.3, -0.25) is 4.90 Å². The number of nitrogens with two attached hydrogens (primary N) is 1. The van der Waals surface area contributed by atoms with Crippen molar-refractivity contribution < 1.29 is 42.9 Å². The van der Waals surface area contributed by atoms with Crippen molar-refractivity contribution in [2.45, 2.75) is 68.8 Å². The van der Waals surface area contributed by atoms with Gasteiger partial charge in [-0.2, -0.15) is 23.1 Å². The average molecular weight is 663 g/mol. The van der Waals surface area contributed by atoms with E-state index in [1.807, 2.05) is 0 Å². The first-order valence-corrected chi connectivity index (χ1v) is 14.8. The van der Waals surface area contributed by atoms with Crippen molar-refractivity contribution in [2.75, 3.05) is 43.4 Å². The molecule has 0 amide bonds. The predicted molar refractivity (Wildman–Crippen MR) is 151 cm³/mol. The van der Waals surface area contributed by atoms with Crippen molar-refractivity contribution in [1.82, 2.24) is 19.9 Å². The van der Waals surface area contributed by atoms with Gasteiger partial charge in [-0.1, -0.05) is 11.6 Å². The van der Waals surface area contributed by atoms with Crippen molar-refractivity contribution >= 4 is 34.1 Å². The molecule has 7 rings (SSSR count). The Bertz CT molecular complexity index is 1790. The summed E-state index contributed by atoms with van der Waals surface area (Å²) in [5.74, 6) is -3.93. The number of halogens is 8. The van der Waals surface area contributed by atoms with Crippen molar-refractivity contribution in [3.63, 3.8) is 0 Å². The number of nitrogen functional groups attached to an aromatic ring is 1. The highest BCUT2D eigenvalue weighted by Gasteiger charge is 2.58. The Morgan fingerprint density at radius 3 is 2.71 bits per heavy atom. The summed E-state index contributed by atoms with van der Waals surface area (Å²) in [5, 5.41) is -0.725. The number of aromatic nitrogens is 3. The molecule has 2 N–H and O–H groups in total. The summed E-state index contributed by atoms with van der Waals surface area (Å²) < 4.78 is 133. The molecule has 3 aromatic rings. The quantitative estimate of drug-likeness (QED) is 0.343. The second kappa shape index (κ2) is 10.7. The van der Waals surface area contributed by atoms with Crippen LogP contribution >= 0.6 is 11.6 Å². The molecule has 0 unspecified atom stereocenters. The molecule has 45 heavy (non-hydrogen) atoms. The van der Waals surface area contributed by atoms with Crippen LogP contribution in [0.1, 0.15) is 39.6 Å². The van der Waals surface area contributed by atoms with Gasteiger partial charge in [0.15, 0.2) is 23.6 Å². The number of hydrogen-bond acceptors (Lipinski definition) is 8. The first kappa shape index (κ1) is 28.1. The van der Waals surface area contributed by atoms with Gasteiger partial charge in [-0.25, -0.2) is 22.5 Å². The maximum Gasteiger partial charge on any atom is 0.418 e. The predicted octanol–water partition coefficient (Wildman–Crippen LogP) is 5.80. The zero-order valence-electron chi connectivity index (χ0n) is 25.7. The van der Waals surface area contributed by atoms with E-state index in [2.05, 4.69) is 15.0 Å². The molecule has 1 saturated carbocycles. The smallest absolute Gasteiger partial charge is 0.418 e. The third-order valence-electron chi connectivity index (χ3n) is 9.02. The van der Waals surface area contributed by atoms with E-state index in [1.165, 1.54) is 4.90 Å². The van der Waals surface area contributed by atoms with Gasteiger partial charge in [0.1, 0.15) is 30.2 Å². The lowest BCUT2D eigenvalue weighted by atomic mass is 9.95. The third-order valence-corrected chi connectivity index (χ3v) is 9.31. The lowest BCUT2D eigenvalue weighted by Gasteiger charge is -2.31. The molecule has 5 atom stereocenters. The van der Waals surface area contributed by atoms with Gasteiger partial charge in [-0.15, -0.1) is 0 Å². The van der Waals surface area contributed by atoms with Crippen LogP contribution < -0.4 is 15.4 Å². The van der Waals surface area contributed by atoms with Crippen molar-refractivity contribution in [2.24, 2.45) is 0 Å². The highest BCUT2D eigenvalue weighted by molar-refractivity contribution is 6.34. The van der Waals surface area contributed by atoms with E-state index < -0.39 is 99.1 Å². The number of alkyl halides is 5. The van der Waals surface area contributed by atoms with Gasteiger partial charge in [-0.05, 0) is 38.8 Å². The molecule has 8 nitrogen and oxygen atoms in total. The van der Waals surface area contributed by atoms with Gasteiger partial charge in [0.2, 0.25) is 0 Å². The molecule has 242 valence electrons. The molecule has 0 bridgehead atoms. The SMILES string of the molecule is [2H]C([2H])(Oc1nc(N2CCCO[C@H]3[C@H](F)[C@H]32)c2cc(Cl)c(-c3nc(N)c(F)c(C)c3C(F)(F)F)c(F)c2n1)[C@@]12CCCN1C[C@H](F)C2. The minimum Gasteiger partial charge on any atom is -0.461 e. The summed E-state index contributed by atoms with van der Waals surface area (Å²) in [6.07, 6.45) is -7.75. The summed E-state index contributed by atoms with van der Waals surface area (Å²) in [6.45, 7) is -0.999. The third kappa shape index (κ3) is 4.92. The van der Waals surface area contributed by atoms with Crippen LogP contribution in [0.25, 0.3) is 22.2 Å². The normalized spacial score (nSPS) is 29.3. The Morgan fingerprint density at radius 2 is 1.96 bits per heavy atom. The van der Waals surface area contributed by atoms with Gasteiger partial charge in [0.25, 0.3) is 0 Å². The topological polar surface area (TPSA) is 89.6 Å². The van der Waals surface area contributed by atoms with E-state index in [-0.39, 0.29) is 43.7 Å². The number of hydrogen-bond donors (Lipinski definition) is 1. The van der Waals surface area contributed by atoms with Gasteiger partial charge in [0, 0.05) is 37.1 Å². The van der Waals surface area contributed by atoms with E-state index in [4.69, 9.17) is 29.5 Å². The molecule has 4 aliphatic rings. The molecular formula is C29H28ClF7N6O2. The number of nitrogens with zero attached hydrogens (tertiary/aromatic N) is 5. The Hall–Kier alpha value is -3.17. The number of pyridine rings is 1. The summed E-state index contributed by atoms with van der Waals surface area (Å²) in [5.41, 5.74) is -1.00. The molecule has 1 aliphatic carbocycles. The zero-order chi connectivity index (χ0) is 33.8. The minimum atomic E-state index is -5.21. The summed E-state index contributed by atoms with van der Waals surface area (Å²) >= 11 is 6.45. The van der Waals surface area contributed by atoms with Gasteiger partial charge < -0.3 is 20.1 Å². The molecular weight excluding hydrogens is 633 g/mol. The monoisotopic (exact) mass is 662 g/mol. The number of benzene rings is 1. The van der Waals surface area contributed by atoms with E-state index in [0.717, 1.165) is 13.0 Å². The highest BCUT2D eigenvalue weighted by atomic mass is 35.5. The summed E-state index contributed by atoms with van der Waals surface area (Å²) in [4.78, 5) is 15.1. The van der Waals surface area contributed by atoms with E-state index in [9.17, 15) is 26.3 Å². The highest BCUT2D eigenvalue weighted by Crippen LogP contribution is 2.47. The zero-order valence-corrected chi connectivity index (χ0v) is 24.5. The van der Waals surface area contributed by atoms with Crippen LogP contribution in [0.2, 0.25) is 5.02 Å². The first-order valence-electron chi connectivity index (χ1n) is 15.4. The number of fused-ring (bicyclic) bond motifs is 3. The Kier molecular flexibility index (Phi) is 6.67. The van der Waals surface area contributed by atoms with Gasteiger partial charge >= 0.3 is 12.2 Å². The van der Waals surface area contributed by atoms with Crippen molar-refractivity contribution in [3.05, 3.63) is 33.9 Å². The van der Waals surface area contributed by atoms with E-state index >= 15 is 4.39 Å². The van der Waals surface area contributed by atoms with Crippen molar-refractivity contribution in [3.8, 4) is 17.3 Å². The van der Waals surface area contributed by atoms with Crippen LogP contribution in [0.15, 0.2) is 6.07 Å². The minimum absolute atomic E-state index is 0.00727. The maximum atomic E-state index is 16.7. The van der Waals surface area contributed by atoms with Crippen LogP contribution in [-0.4, -0.2) is 82.7 Å². The maximum absolute atomic E-state index is 16.7. The van der Waals surface area contributed by atoms with Crippen LogP contribution in [-0.2, 0) is 10.9 Å². The van der Waals surface area contributed by atoms with Crippen molar-refractivity contribution in [1.29, 1.82) is 0 Å². The van der Waals surface area contributed by atoms with Gasteiger partial charge in [0.05, 0.1) is 36.2 Å². The number of ether oxygens (including phenoxy) is 2. The number of anilines is 2. The largest absolute Gasteiger partial charge is 0.461 e. The first-order chi connectivity index (χ1) is 22.1.